The lowest BCUT2D eigenvalue weighted by molar-refractivity contribution is -0.142. The van der Waals surface area contributed by atoms with Crippen LogP contribution in [-0.4, -0.2) is 18.9 Å². The molecule has 0 aromatic heterocycles. The van der Waals surface area contributed by atoms with E-state index in [4.69, 9.17) is 0 Å². The highest BCUT2D eigenvalue weighted by molar-refractivity contribution is 5.83. The van der Waals surface area contributed by atoms with Crippen LogP contribution in [0.15, 0.2) is 0 Å². The van der Waals surface area contributed by atoms with Gasteiger partial charge in [-0.25, -0.2) is 0 Å². The van der Waals surface area contributed by atoms with Gasteiger partial charge in [0.25, 0.3) is 0 Å². The van der Waals surface area contributed by atoms with Crippen molar-refractivity contribution in [1.82, 2.24) is 0 Å². The van der Waals surface area contributed by atoms with Crippen LogP contribution < -0.4 is 0 Å². The van der Waals surface area contributed by atoms with E-state index in [0.29, 0.717) is 18.8 Å². The fraction of sp³-hybridized carbons (Fsp3) is 0.857. The molecular weight excluding hydrogens is 216 g/mol. The Morgan fingerprint density at radius 1 is 1.06 bits per heavy atom. The van der Waals surface area contributed by atoms with E-state index in [0.717, 1.165) is 24.7 Å². The van der Waals surface area contributed by atoms with E-state index in [-0.39, 0.29) is 18.2 Å². The van der Waals surface area contributed by atoms with Crippen LogP contribution in [0, 0.1) is 17.8 Å². The third-order valence-electron chi connectivity index (χ3n) is 3.63. The van der Waals surface area contributed by atoms with Crippen LogP contribution in [0.1, 0.15) is 52.4 Å². The summed E-state index contributed by atoms with van der Waals surface area (Å²) < 4.78 is 4.53. The highest BCUT2D eigenvalue weighted by Crippen LogP contribution is 2.34. The smallest absolute Gasteiger partial charge is 0.305 e. The Morgan fingerprint density at radius 2 is 1.65 bits per heavy atom. The highest BCUT2D eigenvalue weighted by atomic mass is 16.5. The Hall–Kier alpha value is -0.860. The molecule has 2 unspecified atom stereocenters. The van der Waals surface area contributed by atoms with Gasteiger partial charge < -0.3 is 4.74 Å². The summed E-state index contributed by atoms with van der Waals surface area (Å²) in [6, 6.07) is 0. The molecule has 1 aliphatic carbocycles. The van der Waals surface area contributed by atoms with Crippen molar-refractivity contribution in [3.8, 4) is 0 Å². The van der Waals surface area contributed by atoms with Gasteiger partial charge in [-0.15, -0.1) is 0 Å². The van der Waals surface area contributed by atoms with Crippen LogP contribution in [0.25, 0.3) is 0 Å². The van der Waals surface area contributed by atoms with Crippen LogP contribution >= 0.6 is 0 Å². The molecular formula is C14H24O3. The summed E-state index contributed by atoms with van der Waals surface area (Å²) in [4.78, 5) is 22.7. The summed E-state index contributed by atoms with van der Waals surface area (Å²) in [6.07, 6.45) is 4.82. The maximum Gasteiger partial charge on any atom is 0.305 e. The molecule has 2 atom stereocenters. The minimum Gasteiger partial charge on any atom is -0.469 e. The number of ketones is 1. The molecule has 1 aliphatic rings. The summed E-state index contributed by atoms with van der Waals surface area (Å²) in [5, 5.41) is 0. The van der Waals surface area contributed by atoms with E-state index in [9.17, 15) is 9.59 Å². The van der Waals surface area contributed by atoms with Crippen molar-refractivity contribution in [2.24, 2.45) is 17.8 Å². The number of esters is 1. The third-order valence-corrected chi connectivity index (χ3v) is 3.63. The normalized spacial score (nSPS) is 28.8. The lowest BCUT2D eigenvalue weighted by atomic mass is 9.75. The average Bonchev–Trinajstić information content (AvgIpc) is 2.24. The van der Waals surface area contributed by atoms with Gasteiger partial charge in [0.2, 0.25) is 0 Å². The number of Topliss-reactive ketones (excluding diaryl/α,β-unsaturated/α-hetero) is 1. The van der Waals surface area contributed by atoms with Gasteiger partial charge in [-0.2, -0.15) is 0 Å². The van der Waals surface area contributed by atoms with Gasteiger partial charge in [-0.1, -0.05) is 13.8 Å². The summed E-state index contributed by atoms with van der Waals surface area (Å²) >= 11 is 0. The highest BCUT2D eigenvalue weighted by Gasteiger charge is 2.25. The molecule has 0 spiro atoms. The maximum absolute atomic E-state index is 11.7. The number of methoxy groups -OCH3 is 1. The predicted molar refractivity (Wildman–Crippen MR) is 66.5 cm³/mol. The Balaban J connectivity index is 2.28. The molecule has 0 aromatic rings. The molecule has 0 aliphatic heterocycles. The Labute approximate surface area is 104 Å². The van der Waals surface area contributed by atoms with Gasteiger partial charge in [-0.05, 0) is 37.0 Å². The van der Waals surface area contributed by atoms with Crippen LogP contribution in [0.2, 0.25) is 0 Å². The zero-order valence-corrected chi connectivity index (χ0v) is 11.2. The molecule has 0 radical (unpaired) electrons. The molecule has 1 rings (SSSR count). The standard InChI is InChI=1S/C14H24O3/c1-10-6-11(2)8-12(7-10)9-13(15)4-5-14(16)17-3/h10-12H,4-9H2,1-3H3. The summed E-state index contributed by atoms with van der Waals surface area (Å²) in [5.74, 6) is 1.92. The van der Waals surface area contributed by atoms with Gasteiger partial charge in [0.1, 0.15) is 5.78 Å². The number of hydrogen-bond donors (Lipinski definition) is 0. The molecule has 0 heterocycles. The van der Waals surface area contributed by atoms with Crippen molar-refractivity contribution in [2.75, 3.05) is 7.11 Å². The van der Waals surface area contributed by atoms with Gasteiger partial charge in [-0.3, -0.25) is 9.59 Å². The maximum atomic E-state index is 11.7. The molecule has 0 N–H and O–H groups in total. The predicted octanol–water partition coefficient (Wildman–Crippen LogP) is 2.97. The van der Waals surface area contributed by atoms with E-state index < -0.39 is 0 Å². The van der Waals surface area contributed by atoms with E-state index in [1.165, 1.54) is 13.5 Å². The average molecular weight is 240 g/mol. The van der Waals surface area contributed by atoms with Gasteiger partial charge in [0.15, 0.2) is 0 Å². The van der Waals surface area contributed by atoms with Gasteiger partial charge in [0, 0.05) is 12.8 Å². The van der Waals surface area contributed by atoms with Crippen molar-refractivity contribution in [3.05, 3.63) is 0 Å². The van der Waals surface area contributed by atoms with Crippen molar-refractivity contribution in [1.29, 1.82) is 0 Å². The first-order valence-corrected chi connectivity index (χ1v) is 6.59. The quantitative estimate of drug-likeness (QED) is 0.694. The Morgan fingerprint density at radius 3 is 2.18 bits per heavy atom. The molecule has 1 fully saturated rings. The fourth-order valence-electron chi connectivity index (χ4n) is 3.05. The number of carbonyl (C=O) groups is 2. The van der Waals surface area contributed by atoms with Crippen LogP contribution in [-0.2, 0) is 14.3 Å². The third kappa shape index (κ3) is 5.33. The second-order valence-corrected chi connectivity index (χ2v) is 5.60. The summed E-state index contributed by atoms with van der Waals surface area (Å²) in [6.45, 7) is 4.53. The SMILES string of the molecule is COC(=O)CCC(=O)CC1CC(C)CC(C)C1. The lowest BCUT2D eigenvalue weighted by Crippen LogP contribution is -2.22. The summed E-state index contributed by atoms with van der Waals surface area (Å²) in [5.41, 5.74) is 0. The van der Waals surface area contributed by atoms with Crippen molar-refractivity contribution in [3.63, 3.8) is 0 Å². The van der Waals surface area contributed by atoms with Crippen molar-refractivity contribution >= 4 is 11.8 Å². The lowest BCUT2D eigenvalue weighted by Gasteiger charge is -2.31. The first kappa shape index (κ1) is 14.2. The second-order valence-electron chi connectivity index (χ2n) is 5.60. The zero-order chi connectivity index (χ0) is 12.8. The minimum atomic E-state index is -0.288. The molecule has 0 bridgehead atoms. The van der Waals surface area contributed by atoms with Gasteiger partial charge in [0.05, 0.1) is 13.5 Å². The largest absolute Gasteiger partial charge is 0.469 e. The molecule has 0 aromatic carbocycles. The fourth-order valence-corrected chi connectivity index (χ4v) is 3.05. The number of hydrogen-bond acceptors (Lipinski definition) is 3. The number of carbonyl (C=O) groups excluding carboxylic acids is 2. The van der Waals surface area contributed by atoms with Gasteiger partial charge >= 0.3 is 5.97 Å². The zero-order valence-electron chi connectivity index (χ0n) is 11.2. The van der Waals surface area contributed by atoms with Crippen molar-refractivity contribution < 1.29 is 14.3 Å². The van der Waals surface area contributed by atoms with E-state index in [1.54, 1.807) is 0 Å². The van der Waals surface area contributed by atoms with Crippen LogP contribution in [0.4, 0.5) is 0 Å². The topological polar surface area (TPSA) is 43.4 Å². The summed E-state index contributed by atoms with van der Waals surface area (Å²) in [7, 11) is 1.36. The first-order valence-electron chi connectivity index (χ1n) is 6.59. The molecule has 0 amide bonds. The first-order chi connectivity index (χ1) is 8.01. The molecule has 1 saturated carbocycles. The molecule has 3 nitrogen and oxygen atoms in total. The molecule has 3 heteroatoms. The molecule has 0 saturated heterocycles. The molecule has 98 valence electrons. The minimum absolute atomic E-state index is 0.210. The van der Waals surface area contributed by atoms with E-state index >= 15 is 0 Å². The van der Waals surface area contributed by atoms with E-state index in [1.807, 2.05) is 0 Å². The Bertz CT molecular complexity index is 263. The van der Waals surface area contributed by atoms with E-state index in [2.05, 4.69) is 18.6 Å². The van der Waals surface area contributed by atoms with Crippen molar-refractivity contribution in [2.45, 2.75) is 52.4 Å². The number of ether oxygens (including phenoxy) is 1. The number of rotatable bonds is 5. The van der Waals surface area contributed by atoms with Crippen LogP contribution in [0.5, 0.6) is 0 Å². The van der Waals surface area contributed by atoms with Crippen LogP contribution in [0.3, 0.4) is 0 Å². The monoisotopic (exact) mass is 240 g/mol. The second kappa shape index (κ2) is 6.77. The molecule has 17 heavy (non-hydrogen) atoms. The Kier molecular flexibility index (Phi) is 5.66.